The zero-order valence-electron chi connectivity index (χ0n) is 22.1. The Morgan fingerprint density at radius 3 is 2.24 bits per heavy atom. The Morgan fingerprint density at radius 2 is 1.59 bits per heavy atom. The van der Waals surface area contributed by atoms with Crippen LogP contribution in [0.5, 0.6) is 11.5 Å². The maximum absolute atomic E-state index is 13.7. The first-order valence-corrected chi connectivity index (χ1v) is 12.5. The van der Waals surface area contributed by atoms with Crippen molar-refractivity contribution < 1.29 is 14.3 Å². The monoisotopic (exact) mass is 499 g/mol. The Labute approximate surface area is 217 Å². The largest absolute Gasteiger partial charge is 0.497 e. The summed E-state index contributed by atoms with van der Waals surface area (Å²) >= 11 is 0. The minimum atomic E-state index is -0.159. The van der Waals surface area contributed by atoms with Crippen LogP contribution in [-0.4, -0.2) is 65.8 Å². The molecule has 8 nitrogen and oxygen atoms in total. The minimum absolute atomic E-state index is 0.0773. The highest BCUT2D eigenvalue weighted by molar-refractivity contribution is 5.94. The molecule has 0 saturated carbocycles. The maximum atomic E-state index is 13.7. The van der Waals surface area contributed by atoms with Gasteiger partial charge in [-0.15, -0.1) is 0 Å². The first kappa shape index (κ1) is 24.6. The van der Waals surface area contributed by atoms with Gasteiger partial charge in [0.15, 0.2) is 5.65 Å². The topological polar surface area (TPSA) is 72.2 Å². The number of piperazine rings is 1. The molecule has 0 radical (unpaired) electrons. The highest BCUT2D eigenvalue weighted by Crippen LogP contribution is 2.32. The highest BCUT2D eigenvalue weighted by Gasteiger charge is 2.26. The minimum Gasteiger partial charge on any atom is -0.497 e. The van der Waals surface area contributed by atoms with Crippen molar-refractivity contribution in [3.63, 3.8) is 0 Å². The molecule has 0 atom stereocenters. The Hall–Kier alpha value is -4.07. The van der Waals surface area contributed by atoms with E-state index in [0.29, 0.717) is 30.2 Å². The summed E-state index contributed by atoms with van der Waals surface area (Å²) < 4.78 is 12.7. The van der Waals surface area contributed by atoms with Gasteiger partial charge < -0.3 is 19.3 Å². The number of rotatable bonds is 5. The number of amides is 1. The predicted molar refractivity (Wildman–Crippen MR) is 145 cm³/mol. The molecular weight excluding hydrogens is 466 g/mol. The van der Waals surface area contributed by atoms with E-state index in [2.05, 4.69) is 37.8 Å². The van der Waals surface area contributed by atoms with E-state index in [-0.39, 0.29) is 11.3 Å². The number of benzene rings is 2. The number of carbonyl (C=O) groups is 1. The second-order valence-corrected chi connectivity index (χ2v) is 10.3. The fourth-order valence-corrected chi connectivity index (χ4v) is 4.62. The van der Waals surface area contributed by atoms with Gasteiger partial charge in [-0.05, 0) is 42.5 Å². The van der Waals surface area contributed by atoms with Crippen LogP contribution in [0.4, 0.5) is 5.69 Å². The van der Waals surface area contributed by atoms with Crippen LogP contribution in [0.25, 0.3) is 16.9 Å². The van der Waals surface area contributed by atoms with E-state index < -0.39 is 0 Å². The zero-order valence-corrected chi connectivity index (χ0v) is 22.1. The number of para-hydroxylation sites is 1. The van der Waals surface area contributed by atoms with Crippen molar-refractivity contribution in [2.24, 2.45) is 0 Å². The van der Waals surface area contributed by atoms with Gasteiger partial charge >= 0.3 is 0 Å². The van der Waals surface area contributed by atoms with Gasteiger partial charge in [-0.3, -0.25) is 4.79 Å². The van der Waals surface area contributed by atoms with Crippen LogP contribution in [0, 0.1) is 0 Å². The van der Waals surface area contributed by atoms with Crippen molar-refractivity contribution in [2.45, 2.75) is 26.2 Å². The molecule has 4 aromatic rings. The van der Waals surface area contributed by atoms with Crippen molar-refractivity contribution in [1.29, 1.82) is 0 Å². The van der Waals surface area contributed by atoms with Gasteiger partial charge in [-0.1, -0.05) is 32.9 Å². The summed E-state index contributed by atoms with van der Waals surface area (Å²) in [4.78, 5) is 22.6. The lowest BCUT2D eigenvalue weighted by molar-refractivity contribution is 0.0741. The molecule has 192 valence electrons. The summed E-state index contributed by atoms with van der Waals surface area (Å²) in [6.45, 7) is 9.09. The van der Waals surface area contributed by atoms with Crippen molar-refractivity contribution in [2.75, 3.05) is 45.3 Å². The van der Waals surface area contributed by atoms with E-state index in [9.17, 15) is 4.79 Å². The second-order valence-electron chi connectivity index (χ2n) is 10.3. The van der Waals surface area contributed by atoms with Gasteiger partial charge in [0.25, 0.3) is 5.91 Å². The summed E-state index contributed by atoms with van der Waals surface area (Å²) in [7, 11) is 3.31. The lowest BCUT2D eigenvalue weighted by Crippen LogP contribution is -2.49. The van der Waals surface area contributed by atoms with E-state index in [4.69, 9.17) is 19.6 Å². The molecule has 1 fully saturated rings. The van der Waals surface area contributed by atoms with Crippen molar-refractivity contribution in [3.05, 3.63) is 72.1 Å². The first-order valence-electron chi connectivity index (χ1n) is 12.5. The predicted octanol–water partition coefficient (Wildman–Crippen LogP) is 4.67. The molecule has 2 aromatic carbocycles. The average molecular weight is 500 g/mol. The molecule has 0 N–H and O–H groups in total. The smallest absolute Gasteiger partial charge is 0.272 e. The molecule has 0 unspecified atom stereocenters. The molecular formula is C29H33N5O3. The lowest BCUT2D eigenvalue weighted by Gasteiger charge is -2.36. The molecule has 5 rings (SSSR count). The number of anilines is 1. The second kappa shape index (κ2) is 9.76. The molecule has 1 amide bonds. The van der Waals surface area contributed by atoms with Crippen LogP contribution in [0.1, 0.15) is 37.0 Å². The van der Waals surface area contributed by atoms with E-state index in [1.807, 2.05) is 57.9 Å². The molecule has 37 heavy (non-hydrogen) atoms. The van der Waals surface area contributed by atoms with Crippen molar-refractivity contribution in [1.82, 2.24) is 19.5 Å². The van der Waals surface area contributed by atoms with Gasteiger partial charge in [0.05, 0.1) is 25.6 Å². The highest BCUT2D eigenvalue weighted by atomic mass is 16.5. The third kappa shape index (κ3) is 4.83. The third-order valence-corrected chi connectivity index (χ3v) is 6.80. The lowest BCUT2D eigenvalue weighted by atomic mass is 9.93. The number of nitrogens with zero attached hydrogens (tertiary/aromatic N) is 5. The first-order chi connectivity index (χ1) is 17.8. The SMILES string of the molecule is COc1ccc(N2CCN(C(=O)c3cc(-c4ccccc4OC)n4nc(C(C)(C)C)cc4n3)CC2)cc1. The molecule has 2 aromatic heterocycles. The average Bonchev–Trinajstić information content (AvgIpc) is 3.37. The standard InChI is InChI=1S/C29H33N5O3/c1-29(2,3)26-19-27-30-23(18-24(34(27)31-26)22-8-6-7-9-25(22)37-5)28(35)33-16-14-32(15-17-33)20-10-12-21(36-4)13-11-20/h6-13,18-19H,14-17H2,1-5H3. The van der Waals surface area contributed by atoms with E-state index in [1.54, 1.807) is 14.2 Å². The van der Waals surface area contributed by atoms with Crippen LogP contribution in [0.15, 0.2) is 60.7 Å². The van der Waals surface area contributed by atoms with Crippen LogP contribution in [0.2, 0.25) is 0 Å². The number of carbonyl (C=O) groups excluding carboxylic acids is 1. The van der Waals surface area contributed by atoms with Crippen LogP contribution < -0.4 is 14.4 Å². The molecule has 0 bridgehead atoms. The quantitative estimate of drug-likeness (QED) is 0.397. The van der Waals surface area contributed by atoms with Crippen LogP contribution in [-0.2, 0) is 5.41 Å². The fraction of sp³-hybridized carbons (Fsp3) is 0.345. The Kier molecular flexibility index (Phi) is 6.50. The number of methoxy groups -OCH3 is 2. The zero-order chi connectivity index (χ0) is 26.2. The maximum Gasteiger partial charge on any atom is 0.272 e. The van der Waals surface area contributed by atoms with Crippen LogP contribution in [0.3, 0.4) is 0 Å². The molecule has 3 heterocycles. The number of hydrogen-bond acceptors (Lipinski definition) is 6. The Balaban J connectivity index is 1.46. The Morgan fingerprint density at radius 1 is 0.892 bits per heavy atom. The van der Waals surface area contributed by atoms with Gasteiger partial charge in [0.1, 0.15) is 17.2 Å². The van der Waals surface area contributed by atoms with E-state index in [1.165, 1.54) is 0 Å². The van der Waals surface area contributed by atoms with Crippen LogP contribution >= 0.6 is 0 Å². The normalized spacial score (nSPS) is 14.2. The molecule has 0 aliphatic carbocycles. The van der Waals surface area contributed by atoms with E-state index in [0.717, 1.165) is 41.5 Å². The summed E-state index contributed by atoms with van der Waals surface area (Å²) in [6, 6.07) is 19.6. The third-order valence-electron chi connectivity index (χ3n) is 6.80. The van der Waals surface area contributed by atoms with E-state index >= 15 is 0 Å². The molecule has 8 heteroatoms. The van der Waals surface area contributed by atoms with Gasteiger partial charge in [-0.2, -0.15) is 5.10 Å². The van der Waals surface area contributed by atoms with Crippen molar-refractivity contribution >= 4 is 17.2 Å². The number of hydrogen-bond donors (Lipinski definition) is 0. The van der Waals surface area contributed by atoms with Crippen molar-refractivity contribution in [3.8, 4) is 22.8 Å². The summed E-state index contributed by atoms with van der Waals surface area (Å²) in [5.74, 6) is 1.47. The van der Waals surface area contributed by atoms with Gasteiger partial charge in [-0.25, -0.2) is 9.50 Å². The fourth-order valence-electron chi connectivity index (χ4n) is 4.62. The summed E-state index contributed by atoms with van der Waals surface area (Å²) in [6.07, 6.45) is 0. The summed E-state index contributed by atoms with van der Waals surface area (Å²) in [5.41, 5.74) is 4.57. The molecule has 0 spiro atoms. The number of aromatic nitrogens is 3. The summed E-state index contributed by atoms with van der Waals surface area (Å²) in [5, 5.41) is 4.86. The van der Waals surface area contributed by atoms with Gasteiger partial charge in [0.2, 0.25) is 0 Å². The molecule has 1 aliphatic rings. The Bertz CT molecular complexity index is 1410. The molecule has 1 saturated heterocycles. The molecule has 1 aliphatic heterocycles. The number of fused-ring (bicyclic) bond motifs is 1. The van der Waals surface area contributed by atoms with Gasteiger partial charge in [0, 0.05) is 48.9 Å². The number of ether oxygens (including phenoxy) is 2.